The fourth-order valence-electron chi connectivity index (χ4n) is 9.04. The lowest BCUT2D eigenvalue weighted by molar-refractivity contribution is 0.660. The number of anilines is 3. The lowest BCUT2D eigenvalue weighted by Crippen LogP contribution is -2.14. The largest absolute Gasteiger partial charge is 0.455 e. The first kappa shape index (κ1) is 31.6. The Balaban J connectivity index is 1.10. The van der Waals surface area contributed by atoms with Gasteiger partial charge in [-0.3, -0.25) is 0 Å². The quantitative estimate of drug-likeness (QED) is 0.177. The van der Waals surface area contributed by atoms with Crippen LogP contribution in [0.15, 0.2) is 192 Å². The maximum Gasteiger partial charge on any atom is 0.143 e. The van der Waals surface area contributed by atoms with Crippen molar-refractivity contribution < 1.29 is 4.42 Å². The summed E-state index contributed by atoms with van der Waals surface area (Å²) in [6, 6.07) is 68.3. The van der Waals surface area contributed by atoms with Crippen molar-refractivity contribution in [1.82, 2.24) is 0 Å². The van der Waals surface area contributed by atoms with Gasteiger partial charge in [0.2, 0.25) is 0 Å². The minimum Gasteiger partial charge on any atom is -0.455 e. The number of furan rings is 1. The second-order valence-electron chi connectivity index (χ2n) is 15.3. The van der Waals surface area contributed by atoms with Gasteiger partial charge in [0.15, 0.2) is 0 Å². The highest BCUT2D eigenvalue weighted by Crippen LogP contribution is 2.51. The summed E-state index contributed by atoms with van der Waals surface area (Å²) < 4.78 is 7.06. The molecule has 0 aliphatic heterocycles. The van der Waals surface area contributed by atoms with E-state index < -0.39 is 0 Å². The summed E-state index contributed by atoms with van der Waals surface area (Å²) in [7, 11) is 0. The lowest BCUT2D eigenvalue weighted by Gasteiger charge is -2.26. The van der Waals surface area contributed by atoms with E-state index in [4.69, 9.17) is 4.42 Å². The molecule has 0 amide bonds. The van der Waals surface area contributed by atoms with Crippen LogP contribution in [0.1, 0.15) is 25.0 Å². The van der Waals surface area contributed by atoms with Crippen molar-refractivity contribution in [2.45, 2.75) is 19.3 Å². The van der Waals surface area contributed by atoms with Gasteiger partial charge >= 0.3 is 0 Å². The maximum atomic E-state index is 7.06. The molecule has 9 aromatic carbocycles. The first-order chi connectivity index (χ1) is 27.0. The molecule has 0 unspecified atom stereocenters. The van der Waals surface area contributed by atoms with Crippen molar-refractivity contribution in [2.24, 2.45) is 0 Å². The van der Waals surface area contributed by atoms with Crippen LogP contribution >= 0.6 is 0 Å². The standard InChI is InChI=1S/C53H37NO/c1-53(2)48-19-11-10-18-44(48)45-28-23-39(32-49(45)53)51-43-17-9-8-16-38(43)31-47-46-29-27-42(33-50(46)55-52(47)51)54(41-26-22-35-14-6-7-15-37(35)30-41)40-24-20-36(21-25-40)34-12-4-3-5-13-34/h3-33H,1-2H3. The van der Waals surface area contributed by atoms with Gasteiger partial charge in [-0.05, 0) is 109 Å². The number of fused-ring (bicyclic) bond motifs is 8. The summed E-state index contributed by atoms with van der Waals surface area (Å²) in [4.78, 5) is 2.34. The molecule has 1 aromatic heterocycles. The smallest absolute Gasteiger partial charge is 0.143 e. The van der Waals surface area contributed by atoms with Crippen molar-refractivity contribution in [3.8, 4) is 33.4 Å². The summed E-state index contributed by atoms with van der Waals surface area (Å²) in [6.45, 7) is 4.69. The molecule has 55 heavy (non-hydrogen) atoms. The number of rotatable bonds is 5. The SMILES string of the molecule is CC1(C)c2ccccc2-c2ccc(-c3c4ccccc4cc4c3oc3cc(N(c5ccc(-c6ccccc6)cc5)c5ccc6ccccc6c5)ccc34)cc21. The van der Waals surface area contributed by atoms with E-state index in [0.717, 1.165) is 44.6 Å². The van der Waals surface area contributed by atoms with Crippen LogP contribution in [0.4, 0.5) is 17.1 Å². The van der Waals surface area contributed by atoms with Gasteiger partial charge in [-0.1, -0.05) is 147 Å². The zero-order chi connectivity index (χ0) is 36.7. The molecule has 0 saturated carbocycles. The van der Waals surface area contributed by atoms with Crippen LogP contribution in [0.3, 0.4) is 0 Å². The van der Waals surface area contributed by atoms with E-state index in [-0.39, 0.29) is 5.41 Å². The van der Waals surface area contributed by atoms with Gasteiger partial charge in [0, 0.05) is 44.9 Å². The molecule has 2 heteroatoms. The topological polar surface area (TPSA) is 16.4 Å². The van der Waals surface area contributed by atoms with Crippen LogP contribution < -0.4 is 4.90 Å². The van der Waals surface area contributed by atoms with Gasteiger partial charge in [-0.2, -0.15) is 0 Å². The Labute approximate surface area is 320 Å². The van der Waals surface area contributed by atoms with Crippen LogP contribution in [-0.4, -0.2) is 0 Å². The highest BCUT2D eigenvalue weighted by atomic mass is 16.3. The van der Waals surface area contributed by atoms with Crippen LogP contribution in [0.25, 0.3) is 76.9 Å². The lowest BCUT2D eigenvalue weighted by atomic mass is 9.81. The first-order valence-electron chi connectivity index (χ1n) is 19.1. The van der Waals surface area contributed by atoms with Crippen LogP contribution in [0, 0.1) is 0 Å². The van der Waals surface area contributed by atoms with Crippen LogP contribution in [0.5, 0.6) is 0 Å². The molecule has 0 spiro atoms. The molecule has 11 rings (SSSR count). The Morgan fingerprint density at radius 3 is 1.89 bits per heavy atom. The van der Waals surface area contributed by atoms with Gasteiger partial charge < -0.3 is 9.32 Å². The van der Waals surface area contributed by atoms with Crippen molar-refractivity contribution in [2.75, 3.05) is 4.90 Å². The summed E-state index contributed by atoms with van der Waals surface area (Å²) in [5.74, 6) is 0. The second-order valence-corrected chi connectivity index (χ2v) is 15.3. The number of hydrogen-bond donors (Lipinski definition) is 0. The zero-order valence-corrected chi connectivity index (χ0v) is 30.8. The second kappa shape index (κ2) is 12.1. The molecular weight excluding hydrogens is 667 g/mol. The van der Waals surface area contributed by atoms with Crippen molar-refractivity contribution in [3.05, 3.63) is 199 Å². The Kier molecular flexibility index (Phi) is 6.93. The summed E-state index contributed by atoms with van der Waals surface area (Å²) in [6.07, 6.45) is 0. The Morgan fingerprint density at radius 1 is 0.400 bits per heavy atom. The molecule has 1 aliphatic rings. The molecule has 10 aromatic rings. The van der Waals surface area contributed by atoms with Crippen LogP contribution in [0.2, 0.25) is 0 Å². The van der Waals surface area contributed by atoms with Crippen molar-refractivity contribution >= 4 is 60.5 Å². The Hall–Kier alpha value is -6.90. The van der Waals surface area contributed by atoms with Gasteiger partial charge in [-0.25, -0.2) is 0 Å². The molecule has 0 radical (unpaired) electrons. The normalized spacial score (nSPS) is 13.1. The molecule has 0 saturated heterocycles. The number of hydrogen-bond acceptors (Lipinski definition) is 2. The Bertz CT molecular complexity index is 3110. The molecule has 0 bridgehead atoms. The predicted molar refractivity (Wildman–Crippen MR) is 232 cm³/mol. The molecule has 1 heterocycles. The maximum absolute atomic E-state index is 7.06. The molecule has 2 nitrogen and oxygen atoms in total. The van der Waals surface area contributed by atoms with Crippen molar-refractivity contribution in [1.29, 1.82) is 0 Å². The Morgan fingerprint density at radius 2 is 1.04 bits per heavy atom. The number of nitrogens with zero attached hydrogens (tertiary/aromatic N) is 1. The average molecular weight is 704 g/mol. The van der Waals surface area contributed by atoms with Crippen molar-refractivity contribution in [3.63, 3.8) is 0 Å². The third kappa shape index (κ3) is 4.95. The fraction of sp³-hybridized carbons (Fsp3) is 0.0566. The average Bonchev–Trinajstić information content (AvgIpc) is 3.71. The summed E-state index contributed by atoms with van der Waals surface area (Å²) >= 11 is 0. The van der Waals surface area contributed by atoms with Gasteiger partial charge in [0.1, 0.15) is 11.2 Å². The van der Waals surface area contributed by atoms with E-state index in [0.29, 0.717) is 0 Å². The van der Waals surface area contributed by atoms with E-state index in [9.17, 15) is 0 Å². The minimum atomic E-state index is -0.0973. The van der Waals surface area contributed by atoms with Gasteiger partial charge in [0.25, 0.3) is 0 Å². The molecule has 0 atom stereocenters. The highest BCUT2D eigenvalue weighted by Gasteiger charge is 2.35. The molecule has 260 valence electrons. The van der Waals surface area contributed by atoms with E-state index in [1.54, 1.807) is 0 Å². The molecule has 0 N–H and O–H groups in total. The van der Waals surface area contributed by atoms with Gasteiger partial charge in [0.05, 0.1) is 0 Å². The number of benzene rings is 9. The molecule has 1 aliphatic carbocycles. The van der Waals surface area contributed by atoms with E-state index in [1.165, 1.54) is 60.5 Å². The predicted octanol–water partition coefficient (Wildman–Crippen LogP) is 15.0. The molecule has 0 fully saturated rings. The fourth-order valence-corrected chi connectivity index (χ4v) is 9.04. The monoisotopic (exact) mass is 703 g/mol. The third-order valence-electron chi connectivity index (χ3n) is 11.8. The van der Waals surface area contributed by atoms with Gasteiger partial charge in [-0.15, -0.1) is 0 Å². The minimum absolute atomic E-state index is 0.0973. The van der Waals surface area contributed by atoms with E-state index in [2.05, 4.69) is 207 Å². The zero-order valence-electron chi connectivity index (χ0n) is 30.8. The van der Waals surface area contributed by atoms with Crippen LogP contribution in [-0.2, 0) is 5.41 Å². The van der Waals surface area contributed by atoms with E-state index >= 15 is 0 Å². The first-order valence-corrected chi connectivity index (χ1v) is 19.1. The van der Waals surface area contributed by atoms with E-state index in [1.807, 2.05) is 0 Å². The molecular formula is C53H37NO. The summed E-state index contributed by atoms with van der Waals surface area (Å²) in [5, 5.41) is 7.06. The highest BCUT2D eigenvalue weighted by molar-refractivity contribution is 6.19. The third-order valence-corrected chi connectivity index (χ3v) is 11.8. The summed E-state index contributed by atoms with van der Waals surface area (Å²) in [5.41, 5.74) is 15.0.